The summed E-state index contributed by atoms with van der Waals surface area (Å²) in [5.41, 5.74) is 2.24. The lowest BCUT2D eigenvalue weighted by molar-refractivity contribution is -0.121. The lowest BCUT2D eigenvalue weighted by Crippen LogP contribution is -2.31. The fourth-order valence-electron chi connectivity index (χ4n) is 2.89. The smallest absolute Gasteiger partial charge is 0.242 e. The number of hydrogen-bond donors (Lipinski definition) is 2. The van der Waals surface area contributed by atoms with Gasteiger partial charge in [-0.15, -0.1) is 0 Å². The second-order valence-corrected chi connectivity index (χ2v) is 8.73. The number of nitrogens with zero attached hydrogens (tertiary/aromatic N) is 1. The van der Waals surface area contributed by atoms with Crippen LogP contribution < -0.4 is 10.0 Å². The Hall–Kier alpha value is -1.93. The predicted molar refractivity (Wildman–Crippen MR) is 116 cm³/mol. The SMILES string of the molecule is CCN(CC)Cc1ccccc1CNC(=O)CCNS(=O)(=O)c1ccccc1Cl. The lowest BCUT2D eigenvalue weighted by Gasteiger charge is -2.20. The number of benzene rings is 2. The van der Waals surface area contributed by atoms with Crippen LogP contribution in [0.4, 0.5) is 0 Å². The van der Waals surface area contributed by atoms with Crippen molar-refractivity contribution in [2.24, 2.45) is 0 Å². The summed E-state index contributed by atoms with van der Waals surface area (Å²) in [6.45, 7) is 7.41. The zero-order valence-electron chi connectivity index (χ0n) is 16.8. The van der Waals surface area contributed by atoms with E-state index in [-0.39, 0.29) is 28.8 Å². The van der Waals surface area contributed by atoms with Crippen LogP contribution in [0.25, 0.3) is 0 Å². The van der Waals surface area contributed by atoms with Gasteiger partial charge >= 0.3 is 0 Å². The number of rotatable bonds is 11. The first-order chi connectivity index (χ1) is 13.9. The van der Waals surface area contributed by atoms with Gasteiger partial charge in [-0.2, -0.15) is 0 Å². The molecule has 2 N–H and O–H groups in total. The van der Waals surface area contributed by atoms with E-state index in [0.717, 1.165) is 25.2 Å². The van der Waals surface area contributed by atoms with Gasteiger partial charge < -0.3 is 5.32 Å². The van der Waals surface area contributed by atoms with E-state index < -0.39 is 10.0 Å². The average Bonchev–Trinajstić information content (AvgIpc) is 2.71. The second-order valence-electron chi connectivity index (χ2n) is 6.59. The third-order valence-corrected chi connectivity index (χ3v) is 6.61. The molecule has 29 heavy (non-hydrogen) atoms. The Kier molecular flexibility index (Phi) is 9.10. The highest BCUT2D eigenvalue weighted by molar-refractivity contribution is 7.89. The van der Waals surface area contributed by atoms with Crippen molar-refractivity contribution in [2.75, 3.05) is 19.6 Å². The molecule has 0 aliphatic rings. The van der Waals surface area contributed by atoms with Crippen molar-refractivity contribution < 1.29 is 13.2 Å². The van der Waals surface area contributed by atoms with E-state index in [1.165, 1.54) is 17.7 Å². The van der Waals surface area contributed by atoms with Gasteiger partial charge in [-0.3, -0.25) is 9.69 Å². The highest BCUT2D eigenvalue weighted by Crippen LogP contribution is 2.20. The van der Waals surface area contributed by atoms with Crippen molar-refractivity contribution in [1.29, 1.82) is 0 Å². The fraction of sp³-hybridized carbons (Fsp3) is 0.381. The molecule has 0 heterocycles. The second kappa shape index (κ2) is 11.3. The predicted octanol–water partition coefficient (Wildman–Crippen LogP) is 3.17. The van der Waals surface area contributed by atoms with Gasteiger partial charge in [-0.25, -0.2) is 13.1 Å². The summed E-state index contributed by atoms with van der Waals surface area (Å²) >= 11 is 5.94. The van der Waals surface area contributed by atoms with Crippen molar-refractivity contribution in [3.8, 4) is 0 Å². The third-order valence-electron chi connectivity index (χ3n) is 4.65. The van der Waals surface area contributed by atoms with E-state index in [1.54, 1.807) is 12.1 Å². The van der Waals surface area contributed by atoms with Gasteiger partial charge in [0, 0.05) is 26.1 Å². The van der Waals surface area contributed by atoms with Crippen LogP contribution in [0.2, 0.25) is 5.02 Å². The highest BCUT2D eigenvalue weighted by atomic mass is 35.5. The molecule has 0 saturated heterocycles. The monoisotopic (exact) mass is 437 g/mol. The van der Waals surface area contributed by atoms with Crippen molar-refractivity contribution in [3.05, 3.63) is 64.7 Å². The molecule has 6 nitrogen and oxygen atoms in total. The van der Waals surface area contributed by atoms with Crippen LogP contribution in [0.5, 0.6) is 0 Å². The van der Waals surface area contributed by atoms with Crippen LogP contribution in [0.1, 0.15) is 31.4 Å². The number of carbonyl (C=O) groups is 1. The zero-order chi connectivity index (χ0) is 21.3. The summed E-state index contributed by atoms with van der Waals surface area (Å²) in [6, 6.07) is 14.2. The molecule has 158 valence electrons. The maximum Gasteiger partial charge on any atom is 0.242 e. The van der Waals surface area contributed by atoms with E-state index in [4.69, 9.17) is 11.6 Å². The van der Waals surface area contributed by atoms with Gasteiger partial charge in [0.25, 0.3) is 0 Å². The van der Waals surface area contributed by atoms with E-state index in [1.807, 2.05) is 18.2 Å². The molecule has 0 aliphatic heterocycles. The Morgan fingerprint density at radius 3 is 2.28 bits per heavy atom. The number of sulfonamides is 1. The van der Waals surface area contributed by atoms with Crippen LogP contribution >= 0.6 is 11.6 Å². The van der Waals surface area contributed by atoms with Crippen molar-refractivity contribution in [1.82, 2.24) is 14.9 Å². The molecule has 2 aromatic carbocycles. The molecular formula is C21H28ClN3O3S. The molecule has 0 spiro atoms. The molecule has 0 fully saturated rings. The molecule has 0 saturated carbocycles. The minimum absolute atomic E-state index is 0.000480. The molecule has 0 aromatic heterocycles. The number of hydrogen-bond acceptors (Lipinski definition) is 4. The first kappa shape index (κ1) is 23.3. The largest absolute Gasteiger partial charge is 0.352 e. The summed E-state index contributed by atoms with van der Waals surface area (Å²) in [5, 5.41) is 3.02. The Morgan fingerprint density at radius 1 is 1.00 bits per heavy atom. The van der Waals surface area contributed by atoms with Crippen molar-refractivity contribution in [3.63, 3.8) is 0 Å². The van der Waals surface area contributed by atoms with E-state index in [2.05, 4.69) is 34.9 Å². The first-order valence-electron chi connectivity index (χ1n) is 9.67. The van der Waals surface area contributed by atoms with E-state index in [9.17, 15) is 13.2 Å². The Bertz CT molecular complexity index is 915. The Labute approximate surface area is 178 Å². The molecule has 0 radical (unpaired) electrons. The molecule has 2 aromatic rings. The van der Waals surface area contributed by atoms with Gasteiger partial charge in [0.2, 0.25) is 15.9 Å². The van der Waals surface area contributed by atoms with Crippen LogP contribution in [0.15, 0.2) is 53.4 Å². The standard InChI is InChI=1S/C21H28ClN3O3S/c1-3-25(4-2)16-18-10-6-5-9-17(18)15-23-21(26)13-14-24-29(27,28)20-12-8-7-11-19(20)22/h5-12,24H,3-4,13-16H2,1-2H3,(H,23,26). The first-order valence-corrected chi connectivity index (χ1v) is 11.5. The highest BCUT2D eigenvalue weighted by Gasteiger charge is 2.17. The fourth-order valence-corrected chi connectivity index (χ4v) is 4.44. The normalized spacial score (nSPS) is 11.6. The van der Waals surface area contributed by atoms with Gasteiger partial charge in [0.1, 0.15) is 4.90 Å². The van der Waals surface area contributed by atoms with Crippen LogP contribution in [0, 0.1) is 0 Å². The van der Waals surface area contributed by atoms with Crippen molar-refractivity contribution in [2.45, 2.75) is 38.3 Å². The van der Waals surface area contributed by atoms with Crippen LogP contribution in [-0.4, -0.2) is 38.9 Å². The van der Waals surface area contributed by atoms with Gasteiger partial charge in [-0.05, 0) is 36.3 Å². The van der Waals surface area contributed by atoms with Crippen LogP contribution in [0.3, 0.4) is 0 Å². The van der Waals surface area contributed by atoms with Crippen LogP contribution in [-0.2, 0) is 27.9 Å². The number of halogens is 1. The summed E-state index contributed by atoms with van der Waals surface area (Å²) in [5.74, 6) is -0.218. The van der Waals surface area contributed by atoms with Gasteiger partial charge in [0.15, 0.2) is 0 Å². The Balaban J connectivity index is 1.86. The van der Waals surface area contributed by atoms with E-state index in [0.29, 0.717) is 6.54 Å². The maximum absolute atomic E-state index is 12.3. The summed E-state index contributed by atoms with van der Waals surface area (Å²) in [4.78, 5) is 14.5. The molecule has 0 aliphatic carbocycles. The lowest BCUT2D eigenvalue weighted by atomic mass is 10.1. The zero-order valence-corrected chi connectivity index (χ0v) is 18.4. The molecule has 0 unspecified atom stereocenters. The number of amides is 1. The molecule has 0 atom stereocenters. The Morgan fingerprint density at radius 2 is 1.62 bits per heavy atom. The molecular weight excluding hydrogens is 410 g/mol. The van der Waals surface area contributed by atoms with Gasteiger partial charge in [0.05, 0.1) is 5.02 Å². The van der Waals surface area contributed by atoms with Crippen molar-refractivity contribution >= 4 is 27.5 Å². The minimum Gasteiger partial charge on any atom is -0.352 e. The quantitative estimate of drug-likeness (QED) is 0.566. The summed E-state index contributed by atoms with van der Waals surface area (Å²) in [7, 11) is -3.75. The molecule has 2 rings (SSSR count). The average molecular weight is 438 g/mol. The van der Waals surface area contributed by atoms with E-state index >= 15 is 0 Å². The molecule has 0 bridgehead atoms. The number of nitrogens with one attached hydrogen (secondary N) is 2. The maximum atomic E-state index is 12.3. The van der Waals surface area contributed by atoms with Gasteiger partial charge in [-0.1, -0.05) is 61.8 Å². The minimum atomic E-state index is -3.75. The summed E-state index contributed by atoms with van der Waals surface area (Å²) < 4.78 is 27.0. The topological polar surface area (TPSA) is 78.5 Å². The molecule has 8 heteroatoms. The third kappa shape index (κ3) is 7.12. The molecule has 1 amide bonds. The number of carbonyl (C=O) groups excluding carboxylic acids is 1. The summed E-state index contributed by atoms with van der Waals surface area (Å²) in [6.07, 6.45) is 0.0435.